The van der Waals surface area contributed by atoms with Gasteiger partial charge in [0.1, 0.15) is 11.6 Å². The SMILES string of the molecule is CCCCN1C(=O)[C@H](C)NC(=O)C12CCN(Cc1c(C)nn(C)c1C)CC2. The average Bonchev–Trinajstić information content (AvgIpc) is 2.88. The van der Waals surface area contributed by atoms with Crippen LogP contribution in [0.15, 0.2) is 0 Å². The first-order valence-corrected chi connectivity index (χ1v) is 10.1. The summed E-state index contributed by atoms with van der Waals surface area (Å²) in [7, 11) is 1.97. The van der Waals surface area contributed by atoms with Crippen LogP contribution in [0.5, 0.6) is 0 Å². The second-order valence-electron chi connectivity index (χ2n) is 8.12. The van der Waals surface area contributed by atoms with Crippen molar-refractivity contribution < 1.29 is 9.59 Å². The monoisotopic (exact) mass is 375 g/mol. The largest absolute Gasteiger partial charge is 0.343 e. The van der Waals surface area contributed by atoms with Gasteiger partial charge in [0.25, 0.3) is 0 Å². The number of aryl methyl sites for hydroxylation is 2. The van der Waals surface area contributed by atoms with Gasteiger partial charge in [-0.05, 0) is 40.0 Å². The summed E-state index contributed by atoms with van der Waals surface area (Å²) < 4.78 is 1.93. The summed E-state index contributed by atoms with van der Waals surface area (Å²) in [6.07, 6.45) is 3.34. The number of hydrogen-bond donors (Lipinski definition) is 1. The van der Waals surface area contributed by atoms with Crippen LogP contribution in [0.25, 0.3) is 0 Å². The van der Waals surface area contributed by atoms with E-state index in [1.54, 1.807) is 6.92 Å². The molecule has 7 nitrogen and oxygen atoms in total. The van der Waals surface area contributed by atoms with Crippen LogP contribution in [0.2, 0.25) is 0 Å². The van der Waals surface area contributed by atoms with Crippen molar-refractivity contribution in [2.75, 3.05) is 19.6 Å². The van der Waals surface area contributed by atoms with Crippen molar-refractivity contribution in [3.8, 4) is 0 Å². The van der Waals surface area contributed by atoms with Gasteiger partial charge in [-0.3, -0.25) is 19.2 Å². The van der Waals surface area contributed by atoms with Gasteiger partial charge in [0.15, 0.2) is 0 Å². The van der Waals surface area contributed by atoms with Gasteiger partial charge in [0.05, 0.1) is 5.69 Å². The number of piperazine rings is 1. The predicted octanol–water partition coefficient (Wildman–Crippen LogP) is 1.52. The lowest BCUT2D eigenvalue weighted by molar-refractivity contribution is -0.160. The Morgan fingerprint density at radius 2 is 1.89 bits per heavy atom. The quantitative estimate of drug-likeness (QED) is 0.847. The smallest absolute Gasteiger partial charge is 0.246 e. The van der Waals surface area contributed by atoms with Crippen molar-refractivity contribution in [1.82, 2.24) is 24.9 Å². The van der Waals surface area contributed by atoms with E-state index in [0.717, 1.165) is 38.2 Å². The standard InChI is InChI=1S/C20H33N5O2/c1-6-7-10-25-18(26)15(3)21-19(27)20(25)8-11-24(12-9-20)13-17-14(2)22-23(5)16(17)4/h15H,6-13H2,1-5H3,(H,21,27)/t15-/m0/s1. The lowest BCUT2D eigenvalue weighted by atomic mass is 9.81. The second-order valence-corrected chi connectivity index (χ2v) is 8.12. The number of amides is 2. The lowest BCUT2D eigenvalue weighted by Crippen LogP contribution is -2.72. The molecule has 1 aromatic rings. The fourth-order valence-corrected chi connectivity index (χ4v) is 4.45. The van der Waals surface area contributed by atoms with Gasteiger partial charge in [0, 0.05) is 44.5 Å². The third kappa shape index (κ3) is 3.49. The Morgan fingerprint density at radius 1 is 1.22 bits per heavy atom. The summed E-state index contributed by atoms with van der Waals surface area (Å²) in [6.45, 7) is 11.2. The van der Waals surface area contributed by atoms with E-state index in [4.69, 9.17) is 0 Å². The Hall–Kier alpha value is -1.89. The van der Waals surface area contributed by atoms with Gasteiger partial charge in [-0.1, -0.05) is 13.3 Å². The van der Waals surface area contributed by atoms with Crippen molar-refractivity contribution in [3.63, 3.8) is 0 Å². The molecule has 27 heavy (non-hydrogen) atoms. The number of hydrogen-bond acceptors (Lipinski definition) is 4. The van der Waals surface area contributed by atoms with Crippen molar-refractivity contribution in [3.05, 3.63) is 17.0 Å². The summed E-state index contributed by atoms with van der Waals surface area (Å²) >= 11 is 0. The number of rotatable bonds is 5. The Labute approximate surface area is 162 Å². The van der Waals surface area contributed by atoms with Crippen molar-refractivity contribution in [1.29, 1.82) is 0 Å². The zero-order chi connectivity index (χ0) is 19.8. The van der Waals surface area contributed by atoms with E-state index in [1.165, 1.54) is 11.3 Å². The van der Waals surface area contributed by atoms with Crippen LogP contribution in [0.4, 0.5) is 0 Å². The topological polar surface area (TPSA) is 70.5 Å². The third-order valence-corrected chi connectivity index (χ3v) is 6.38. The maximum absolute atomic E-state index is 12.9. The molecule has 0 unspecified atom stereocenters. The fraction of sp³-hybridized carbons (Fsp3) is 0.750. The van der Waals surface area contributed by atoms with E-state index >= 15 is 0 Å². The minimum absolute atomic E-state index is 0.0269. The molecule has 1 spiro atoms. The fourth-order valence-electron chi connectivity index (χ4n) is 4.45. The van der Waals surface area contributed by atoms with Crippen LogP contribution in [-0.2, 0) is 23.2 Å². The predicted molar refractivity (Wildman–Crippen MR) is 104 cm³/mol. The van der Waals surface area contributed by atoms with Crippen molar-refractivity contribution in [2.45, 2.75) is 71.5 Å². The van der Waals surface area contributed by atoms with Crippen LogP contribution in [-0.4, -0.2) is 62.6 Å². The summed E-state index contributed by atoms with van der Waals surface area (Å²) in [5.74, 6) is 0.0922. The molecule has 2 amide bonds. The van der Waals surface area contributed by atoms with Crippen LogP contribution in [0.3, 0.4) is 0 Å². The molecule has 3 rings (SSSR count). The normalized spacial score (nSPS) is 23.1. The number of nitrogens with one attached hydrogen (secondary N) is 1. The summed E-state index contributed by atoms with van der Waals surface area (Å²) in [4.78, 5) is 30.0. The van der Waals surface area contributed by atoms with Gasteiger partial charge < -0.3 is 10.2 Å². The van der Waals surface area contributed by atoms with Gasteiger partial charge in [-0.15, -0.1) is 0 Å². The summed E-state index contributed by atoms with van der Waals surface area (Å²) in [5, 5.41) is 7.43. The van der Waals surface area contributed by atoms with E-state index in [0.29, 0.717) is 19.4 Å². The molecule has 150 valence electrons. The third-order valence-electron chi connectivity index (χ3n) is 6.38. The first-order valence-electron chi connectivity index (χ1n) is 10.1. The maximum Gasteiger partial charge on any atom is 0.246 e. The van der Waals surface area contributed by atoms with E-state index < -0.39 is 11.6 Å². The van der Waals surface area contributed by atoms with Crippen LogP contribution in [0.1, 0.15) is 56.5 Å². The second kappa shape index (κ2) is 7.62. The molecular formula is C20H33N5O2. The van der Waals surface area contributed by atoms with Crippen LogP contribution >= 0.6 is 0 Å². The van der Waals surface area contributed by atoms with E-state index in [9.17, 15) is 9.59 Å². The highest BCUT2D eigenvalue weighted by Crippen LogP contribution is 2.34. The van der Waals surface area contributed by atoms with E-state index in [2.05, 4.69) is 36.1 Å². The minimum Gasteiger partial charge on any atom is -0.343 e. The molecule has 2 aliphatic rings. The Kier molecular flexibility index (Phi) is 5.60. The number of nitrogens with zero attached hydrogens (tertiary/aromatic N) is 4. The first kappa shape index (κ1) is 19.9. The van der Waals surface area contributed by atoms with Gasteiger partial charge in [-0.25, -0.2) is 0 Å². The Morgan fingerprint density at radius 3 is 2.44 bits per heavy atom. The molecule has 7 heteroatoms. The number of carbonyl (C=O) groups is 2. The molecule has 0 aliphatic carbocycles. The average molecular weight is 376 g/mol. The summed E-state index contributed by atoms with van der Waals surface area (Å²) in [5.41, 5.74) is 2.86. The van der Waals surface area contributed by atoms with Gasteiger partial charge in [-0.2, -0.15) is 5.10 Å². The maximum atomic E-state index is 12.9. The Balaban J connectivity index is 1.74. The lowest BCUT2D eigenvalue weighted by Gasteiger charge is -2.51. The van der Waals surface area contributed by atoms with Gasteiger partial charge >= 0.3 is 0 Å². The molecule has 2 fully saturated rings. The van der Waals surface area contributed by atoms with E-state index in [1.807, 2.05) is 16.6 Å². The van der Waals surface area contributed by atoms with E-state index in [-0.39, 0.29) is 11.8 Å². The van der Waals surface area contributed by atoms with Crippen LogP contribution < -0.4 is 5.32 Å². The molecule has 3 heterocycles. The summed E-state index contributed by atoms with van der Waals surface area (Å²) in [6, 6.07) is -0.418. The molecule has 2 aliphatic heterocycles. The molecule has 1 N–H and O–H groups in total. The zero-order valence-corrected chi connectivity index (χ0v) is 17.3. The van der Waals surface area contributed by atoms with Crippen LogP contribution in [0, 0.1) is 13.8 Å². The first-order chi connectivity index (χ1) is 12.8. The molecule has 0 radical (unpaired) electrons. The molecule has 1 aromatic heterocycles. The molecular weight excluding hydrogens is 342 g/mol. The number of unbranched alkanes of at least 4 members (excludes halogenated alkanes) is 1. The van der Waals surface area contributed by atoms with Crippen molar-refractivity contribution in [2.24, 2.45) is 7.05 Å². The highest BCUT2D eigenvalue weighted by atomic mass is 16.2. The highest BCUT2D eigenvalue weighted by molar-refractivity contribution is 5.99. The van der Waals surface area contributed by atoms with Crippen molar-refractivity contribution >= 4 is 11.8 Å². The highest BCUT2D eigenvalue weighted by Gasteiger charge is 2.52. The van der Waals surface area contributed by atoms with Gasteiger partial charge in [0.2, 0.25) is 11.8 Å². The number of aromatic nitrogens is 2. The molecule has 0 bridgehead atoms. The molecule has 2 saturated heterocycles. The minimum atomic E-state index is -0.672. The molecule has 0 saturated carbocycles. The Bertz CT molecular complexity index is 718. The number of likely N-dealkylation sites (tertiary alicyclic amines) is 1. The molecule has 1 atom stereocenters. The number of piperidine rings is 1. The zero-order valence-electron chi connectivity index (χ0n) is 17.3. The molecule has 0 aromatic carbocycles. The number of carbonyl (C=O) groups excluding carboxylic acids is 2.